The first-order valence-electron chi connectivity index (χ1n) is 8.06. The molecule has 2 unspecified atom stereocenters. The number of halogens is 2. The number of nitrogens with zero attached hydrogens (tertiary/aromatic N) is 1. The highest BCUT2D eigenvalue weighted by Gasteiger charge is 2.28. The van der Waals surface area contributed by atoms with Gasteiger partial charge in [-0.15, -0.1) is 24.0 Å². The lowest BCUT2D eigenvalue weighted by atomic mass is 10.3. The van der Waals surface area contributed by atoms with Gasteiger partial charge in [0.15, 0.2) is 27.4 Å². The number of aliphatic imine (C=N–C) groups is 1. The van der Waals surface area contributed by atoms with Crippen molar-refractivity contribution < 1.29 is 17.5 Å². The Morgan fingerprint density at radius 3 is 2.76 bits per heavy atom. The van der Waals surface area contributed by atoms with Crippen LogP contribution in [0.25, 0.3) is 0 Å². The predicted octanol–water partition coefficient (Wildman–Crippen LogP) is 1.95. The second-order valence-corrected chi connectivity index (χ2v) is 8.05. The minimum atomic E-state index is -2.94. The van der Waals surface area contributed by atoms with Gasteiger partial charge in [-0.05, 0) is 32.4 Å². The van der Waals surface area contributed by atoms with E-state index >= 15 is 0 Å². The average Bonchev–Trinajstić information content (AvgIpc) is 2.86. The van der Waals surface area contributed by atoms with Gasteiger partial charge in [0.2, 0.25) is 0 Å². The van der Waals surface area contributed by atoms with Gasteiger partial charge in [-0.1, -0.05) is 12.1 Å². The number of hydrogen-bond donors (Lipinski definition) is 2. The molecule has 0 aromatic heterocycles. The fraction of sp³-hybridized carbons (Fsp3) is 0.562. The zero-order chi connectivity index (χ0) is 17.6. The largest absolute Gasteiger partial charge is 0.486 e. The summed E-state index contributed by atoms with van der Waals surface area (Å²) in [6.45, 7) is 4.72. The van der Waals surface area contributed by atoms with Crippen LogP contribution in [0.1, 0.15) is 20.3 Å². The molecule has 142 valence electrons. The van der Waals surface area contributed by atoms with E-state index in [4.69, 9.17) is 4.74 Å². The van der Waals surface area contributed by atoms with Gasteiger partial charge in [-0.2, -0.15) is 0 Å². The SMILES string of the molecule is CCNC(=NCC(C)Oc1ccccc1F)NC1CCS(=O)(=O)C1.I. The van der Waals surface area contributed by atoms with E-state index in [-0.39, 0.29) is 53.4 Å². The highest BCUT2D eigenvalue weighted by Crippen LogP contribution is 2.17. The monoisotopic (exact) mass is 485 g/mol. The van der Waals surface area contributed by atoms with Gasteiger partial charge in [0.1, 0.15) is 6.10 Å². The molecule has 0 spiro atoms. The lowest BCUT2D eigenvalue weighted by molar-refractivity contribution is 0.220. The van der Waals surface area contributed by atoms with Gasteiger partial charge < -0.3 is 15.4 Å². The molecule has 0 saturated carbocycles. The lowest BCUT2D eigenvalue weighted by Crippen LogP contribution is -2.44. The maximum Gasteiger partial charge on any atom is 0.191 e. The number of nitrogens with one attached hydrogen (secondary N) is 2. The van der Waals surface area contributed by atoms with Crippen LogP contribution in [0.3, 0.4) is 0 Å². The van der Waals surface area contributed by atoms with Crippen molar-refractivity contribution in [3.05, 3.63) is 30.1 Å². The van der Waals surface area contributed by atoms with Crippen LogP contribution < -0.4 is 15.4 Å². The third-order valence-corrected chi connectivity index (χ3v) is 5.36. The molecular formula is C16H25FIN3O3S. The molecule has 1 aromatic carbocycles. The maximum atomic E-state index is 13.6. The van der Waals surface area contributed by atoms with Crippen LogP contribution in [0.15, 0.2) is 29.3 Å². The first-order valence-corrected chi connectivity index (χ1v) is 9.88. The molecule has 0 amide bonds. The molecule has 0 bridgehead atoms. The van der Waals surface area contributed by atoms with Crippen molar-refractivity contribution in [2.45, 2.75) is 32.4 Å². The van der Waals surface area contributed by atoms with Crippen LogP contribution >= 0.6 is 24.0 Å². The van der Waals surface area contributed by atoms with Crippen molar-refractivity contribution in [2.75, 3.05) is 24.6 Å². The smallest absolute Gasteiger partial charge is 0.191 e. The highest BCUT2D eigenvalue weighted by atomic mass is 127. The molecule has 1 aliphatic heterocycles. The number of hydrogen-bond acceptors (Lipinski definition) is 4. The van der Waals surface area contributed by atoms with Crippen molar-refractivity contribution in [1.82, 2.24) is 10.6 Å². The number of guanidine groups is 1. The van der Waals surface area contributed by atoms with Crippen molar-refractivity contribution in [3.8, 4) is 5.75 Å². The zero-order valence-electron chi connectivity index (χ0n) is 14.4. The summed E-state index contributed by atoms with van der Waals surface area (Å²) in [4.78, 5) is 4.40. The van der Waals surface area contributed by atoms with Crippen LogP contribution in [-0.2, 0) is 9.84 Å². The molecule has 9 heteroatoms. The van der Waals surface area contributed by atoms with Crippen molar-refractivity contribution >= 4 is 39.8 Å². The van der Waals surface area contributed by atoms with Crippen LogP contribution in [0.2, 0.25) is 0 Å². The van der Waals surface area contributed by atoms with Crippen LogP contribution in [0, 0.1) is 5.82 Å². The normalized spacial score (nSPS) is 20.4. The topological polar surface area (TPSA) is 79.8 Å². The summed E-state index contributed by atoms with van der Waals surface area (Å²) < 4.78 is 42.2. The summed E-state index contributed by atoms with van der Waals surface area (Å²) in [7, 11) is -2.94. The quantitative estimate of drug-likeness (QED) is 0.366. The minimum Gasteiger partial charge on any atom is -0.486 e. The molecule has 1 fully saturated rings. The summed E-state index contributed by atoms with van der Waals surface area (Å²) in [5.41, 5.74) is 0. The van der Waals surface area contributed by atoms with Crippen molar-refractivity contribution in [3.63, 3.8) is 0 Å². The average molecular weight is 485 g/mol. The molecular weight excluding hydrogens is 460 g/mol. The molecule has 1 aromatic rings. The number of para-hydroxylation sites is 1. The van der Waals surface area contributed by atoms with Gasteiger partial charge >= 0.3 is 0 Å². The van der Waals surface area contributed by atoms with E-state index in [0.717, 1.165) is 0 Å². The zero-order valence-corrected chi connectivity index (χ0v) is 17.5. The van der Waals surface area contributed by atoms with E-state index in [1.54, 1.807) is 25.1 Å². The first kappa shape index (κ1) is 21.9. The number of ether oxygens (including phenoxy) is 1. The fourth-order valence-corrected chi connectivity index (χ4v) is 4.11. The Morgan fingerprint density at radius 2 is 2.16 bits per heavy atom. The molecule has 25 heavy (non-hydrogen) atoms. The second-order valence-electron chi connectivity index (χ2n) is 5.82. The first-order chi connectivity index (χ1) is 11.4. The Kier molecular flexibility index (Phi) is 8.91. The molecule has 1 aliphatic rings. The van der Waals surface area contributed by atoms with E-state index in [9.17, 15) is 12.8 Å². The molecule has 0 aliphatic carbocycles. The summed E-state index contributed by atoms with van der Waals surface area (Å²) in [6, 6.07) is 6.10. The van der Waals surface area contributed by atoms with Crippen LogP contribution in [-0.4, -0.2) is 51.1 Å². The predicted molar refractivity (Wildman–Crippen MR) is 108 cm³/mol. The lowest BCUT2D eigenvalue weighted by Gasteiger charge is -2.17. The van der Waals surface area contributed by atoms with Crippen LogP contribution in [0.5, 0.6) is 5.75 Å². The summed E-state index contributed by atoms with van der Waals surface area (Å²) in [6.07, 6.45) is 0.262. The van der Waals surface area contributed by atoms with Gasteiger partial charge in [0.05, 0.1) is 18.1 Å². The number of sulfone groups is 1. The Labute approximate surface area is 165 Å². The third kappa shape index (κ3) is 7.35. The van der Waals surface area contributed by atoms with E-state index in [2.05, 4.69) is 15.6 Å². The van der Waals surface area contributed by atoms with E-state index < -0.39 is 15.7 Å². The maximum absolute atomic E-state index is 13.6. The molecule has 1 heterocycles. The Morgan fingerprint density at radius 1 is 1.44 bits per heavy atom. The van der Waals surface area contributed by atoms with Gasteiger partial charge in [0, 0.05) is 12.6 Å². The standard InChI is InChI=1S/C16H24FN3O3S.HI/c1-3-18-16(20-13-8-9-24(21,22)11-13)19-10-12(2)23-15-7-5-4-6-14(15)17;/h4-7,12-13H,3,8-11H2,1-2H3,(H2,18,19,20);1H. The summed E-state index contributed by atoms with van der Waals surface area (Å²) >= 11 is 0. The van der Waals surface area contributed by atoms with Crippen molar-refractivity contribution in [2.24, 2.45) is 4.99 Å². The van der Waals surface area contributed by atoms with Gasteiger partial charge in [-0.3, -0.25) is 0 Å². The molecule has 2 N–H and O–H groups in total. The summed E-state index contributed by atoms with van der Waals surface area (Å²) in [5, 5.41) is 6.22. The van der Waals surface area contributed by atoms with E-state index in [1.807, 2.05) is 6.92 Å². The van der Waals surface area contributed by atoms with Crippen molar-refractivity contribution in [1.29, 1.82) is 0 Å². The van der Waals surface area contributed by atoms with Crippen LogP contribution in [0.4, 0.5) is 4.39 Å². The highest BCUT2D eigenvalue weighted by molar-refractivity contribution is 14.0. The Balaban J connectivity index is 0.00000312. The second kappa shape index (κ2) is 10.1. The number of rotatable bonds is 6. The third-order valence-electron chi connectivity index (χ3n) is 3.59. The molecule has 6 nitrogen and oxygen atoms in total. The molecule has 0 radical (unpaired) electrons. The Hall–Kier alpha value is -1.10. The molecule has 2 rings (SSSR count). The Bertz CT molecular complexity index is 685. The number of benzene rings is 1. The molecule has 1 saturated heterocycles. The minimum absolute atomic E-state index is 0. The summed E-state index contributed by atoms with van der Waals surface area (Å²) in [5.74, 6) is 0.661. The van der Waals surface area contributed by atoms with E-state index in [1.165, 1.54) is 6.07 Å². The van der Waals surface area contributed by atoms with Gasteiger partial charge in [-0.25, -0.2) is 17.8 Å². The fourth-order valence-electron chi connectivity index (χ4n) is 2.44. The molecule has 2 atom stereocenters. The van der Waals surface area contributed by atoms with Gasteiger partial charge in [0.25, 0.3) is 0 Å². The van der Waals surface area contributed by atoms with E-state index in [0.29, 0.717) is 25.5 Å².